The van der Waals surface area contributed by atoms with Gasteiger partial charge in [0.1, 0.15) is 0 Å². The van der Waals surface area contributed by atoms with Gasteiger partial charge >= 0.3 is 0 Å². The van der Waals surface area contributed by atoms with Crippen LogP contribution in [0.1, 0.15) is 120 Å². The summed E-state index contributed by atoms with van der Waals surface area (Å²) in [5, 5.41) is 0. The Balaban J connectivity index is 0.000000299. The minimum Gasteiger partial charge on any atom is -0.0999 e. The highest BCUT2D eigenvalue weighted by Gasteiger charge is 2.18. The lowest BCUT2D eigenvalue weighted by Crippen LogP contribution is -2.06. The van der Waals surface area contributed by atoms with E-state index in [1.807, 2.05) is 36.4 Å². The first-order valence-electron chi connectivity index (χ1n) is 13.3. The maximum atomic E-state index is 4.50. The molecule has 1 heteroatoms. The first kappa shape index (κ1) is 29.3. The lowest BCUT2D eigenvalue weighted by atomic mass is 9.81. The molecule has 2 aromatic rings. The van der Waals surface area contributed by atoms with Gasteiger partial charge < -0.3 is 0 Å². The van der Waals surface area contributed by atoms with Crippen molar-refractivity contribution < 1.29 is 0 Å². The summed E-state index contributed by atoms with van der Waals surface area (Å²) >= 11 is 0. The highest BCUT2D eigenvalue weighted by molar-refractivity contribution is 6.05. The van der Waals surface area contributed by atoms with E-state index in [9.17, 15) is 0 Å². The van der Waals surface area contributed by atoms with Crippen LogP contribution in [0.3, 0.4) is 0 Å². The van der Waals surface area contributed by atoms with E-state index in [1.54, 1.807) is 11.1 Å². The number of allylic oxidation sites excluding steroid dienone is 2. The molecule has 2 radical (unpaired) electrons. The minimum atomic E-state index is 0. The summed E-state index contributed by atoms with van der Waals surface area (Å²) in [6, 6.07) is 21.7. The zero-order valence-electron chi connectivity index (χ0n) is 20.6. The van der Waals surface area contributed by atoms with E-state index in [0.29, 0.717) is 0 Å². The van der Waals surface area contributed by atoms with Gasteiger partial charge in [0, 0.05) is 0 Å². The first-order valence-corrected chi connectivity index (χ1v) is 13.3. The van der Waals surface area contributed by atoms with Gasteiger partial charge in [0.15, 0.2) is 0 Å². The molecule has 2 fully saturated rings. The molecule has 0 bridgehead atoms. The fourth-order valence-corrected chi connectivity index (χ4v) is 5.06. The van der Waals surface area contributed by atoms with E-state index in [0.717, 1.165) is 11.8 Å². The Kier molecular flexibility index (Phi) is 17.5. The first-order chi connectivity index (χ1) is 15.9. The van der Waals surface area contributed by atoms with Crippen LogP contribution in [0.5, 0.6) is 0 Å². The van der Waals surface area contributed by atoms with Gasteiger partial charge in [-0.15, -0.1) is 0 Å². The largest absolute Gasteiger partial charge is 0.0999 e. The van der Waals surface area contributed by atoms with Gasteiger partial charge in [0.05, 0.1) is 7.85 Å². The molecule has 0 nitrogen and oxygen atoms in total. The molecule has 0 spiro atoms. The van der Waals surface area contributed by atoms with Crippen molar-refractivity contribution in [2.24, 2.45) is 0 Å². The van der Waals surface area contributed by atoms with Crippen LogP contribution in [0.4, 0.5) is 0 Å². The lowest BCUT2D eigenvalue weighted by Gasteiger charge is -2.24. The molecule has 0 unspecified atom stereocenters. The van der Waals surface area contributed by atoms with Gasteiger partial charge in [0.25, 0.3) is 0 Å². The molecule has 2 saturated carbocycles. The van der Waals surface area contributed by atoms with E-state index < -0.39 is 0 Å². The van der Waals surface area contributed by atoms with Crippen LogP contribution >= 0.6 is 0 Å². The van der Waals surface area contributed by atoms with Crippen LogP contribution in [0.15, 0.2) is 72.8 Å². The monoisotopic (exact) mass is 444 g/mol. The van der Waals surface area contributed by atoms with E-state index in [-0.39, 0.29) is 7.43 Å². The molecule has 2 aromatic carbocycles. The van der Waals surface area contributed by atoms with Crippen molar-refractivity contribution >= 4 is 7.85 Å². The molecule has 0 N–H and O–H groups in total. The average molecular weight is 445 g/mol. The molecule has 0 amide bonds. The van der Waals surface area contributed by atoms with E-state index in [2.05, 4.69) is 44.3 Å². The Morgan fingerprint density at radius 3 is 1.03 bits per heavy atom. The topological polar surface area (TPSA) is 0 Å². The molecule has 180 valence electrons. The minimum absolute atomic E-state index is 0. The standard InChI is InChI=1S/C18H26.C6H10.C6H6.CH3B.CH4/c1-3-7-15(8-4-1)17-11-13-18(14-12-17)16-9-5-2-6-10-16;2*1-2-4-6-5-3-1;1-2;/h11-16H,1-10H2;1-2H,3-6H2;1-6H;1H3;1H4. The van der Waals surface area contributed by atoms with E-state index >= 15 is 0 Å². The molecule has 0 saturated heterocycles. The van der Waals surface area contributed by atoms with Crippen molar-refractivity contribution in [2.45, 2.75) is 116 Å². The van der Waals surface area contributed by atoms with Crippen molar-refractivity contribution in [3.63, 3.8) is 0 Å². The maximum absolute atomic E-state index is 4.50. The third kappa shape index (κ3) is 12.3. The molecule has 0 aromatic heterocycles. The fourth-order valence-electron chi connectivity index (χ4n) is 5.06. The summed E-state index contributed by atoms with van der Waals surface area (Å²) in [5.41, 5.74) is 3.21. The summed E-state index contributed by atoms with van der Waals surface area (Å²) in [7, 11) is 4.50. The second-order valence-electron chi connectivity index (χ2n) is 9.25. The molecule has 33 heavy (non-hydrogen) atoms. The average Bonchev–Trinajstić information content (AvgIpc) is 2.94. The summed E-state index contributed by atoms with van der Waals surface area (Å²) < 4.78 is 0. The Hall–Kier alpha value is -1.76. The molecule has 0 aliphatic heterocycles. The highest BCUT2D eigenvalue weighted by atomic mass is 14.2. The van der Waals surface area contributed by atoms with Crippen molar-refractivity contribution in [1.82, 2.24) is 0 Å². The van der Waals surface area contributed by atoms with Crippen molar-refractivity contribution in [2.75, 3.05) is 0 Å². The molecule has 3 aliphatic carbocycles. The third-order valence-corrected chi connectivity index (χ3v) is 6.91. The zero-order valence-corrected chi connectivity index (χ0v) is 20.6. The fraction of sp³-hybridized carbons (Fsp3) is 0.562. The number of hydrogen-bond donors (Lipinski definition) is 0. The summed E-state index contributed by atoms with van der Waals surface area (Å²) in [6.07, 6.45) is 24.3. The van der Waals surface area contributed by atoms with Crippen LogP contribution in [0.25, 0.3) is 0 Å². The number of benzene rings is 2. The smallest absolute Gasteiger partial charge is 0.0606 e. The van der Waals surface area contributed by atoms with E-state index in [4.69, 9.17) is 0 Å². The third-order valence-electron chi connectivity index (χ3n) is 6.91. The normalized spacial score (nSPS) is 18.1. The lowest BCUT2D eigenvalue weighted by molar-refractivity contribution is 0.439. The summed E-state index contributed by atoms with van der Waals surface area (Å²) in [4.78, 5) is 0. The highest BCUT2D eigenvalue weighted by Crippen LogP contribution is 2.36. The molecule has 3 aliphatic rings. The van der Waals surface area contributed by atoms with Gasteiger partial charge in [-0.2, -0.15) is 0 Å². The van der Waals surface area contributed by atoms with Crippen molar-refractivity contribution in [3.8, 4) is 0 Å². The second kappa shape index (κ2) is 19.7. The molecular weight excluding hydrogens is 395 g/mol. The number of rotatable bonds is 2. The maximum Gasteiger partial charge on any atom is 0.0606 e. The van der Waals surface area contributed by atoms with Crippen LogP contribution in [0, 0.1) is 0 Å². The Labute approximate surface area is 207 Å². The van der Waals surface area contributed by atoms with Crippen molar-refractivity contribution in [3.05, 3.63) is 83.9 Å². The quantitative estimate of drug-likeness (QED) is 0.319. The van der Waals surface area contributed by atoms with Crippen LogP contribution in [-0.4, -0.2) is 7.85 Å². The zero-order chi connectivity index (χ0) is 22.7. The predicted octanol–water partition coefficient (Wildman–Crippen LogP) is 10.4. The van der Waals surface area contributed by atoms with Gasteiger partial charge in [-0.05, 0) is 74.3 Å². The Bertz CT molecular complexity index is 604. The molecule has 5 rings (SSSR count). The van der Waals surface area contributed by atoms with Gasteiger partial charge in [-0.25, -0.2) is 0 Å². The van der Waals surface area contributed by atoms with Gasteiger partial charge in [-0.1, -0.05) is 126 Å². The predicted molar refractivity (Wildman–Crippen MR) is 150 cm³/mol. The summed E-state index contributed by atoms with van der Waals surface area (Å²) in [5.74, 6) is 1.72. The molecular formula is C32H49B. The Morgan fingerprint density at radius 1 is 0.485 bits per heavy atom. The van der Waals surface area contributed by atoms with Crippen LogP contribution < -0.4 is 0 Å². The van der Waals surface area contributed by atoms with Crippen molar-refractivity contribution in [1.29, 1.82) is 0 Å². The van der Waals surface area contributed by atoms with E-state index in [1.165, 1.54) is 96.7 Å². The van der Waals surface area contributed by atoms with Gasteiger partial charge in [0.2, 0.25) is 0 Å². The Morgan fingerprint density at radius 2 is 0.788 bits per heavy atom. The number of hydrogen-bond acceptors (Lipinski definition) is 0. The molecule has 0 heterocycles. The summed E-state index contributed by atoms with van der Waals surface area (Å²) in [6.45, 7) is 1.50. The van der Waals surface area contributed by atoms with Crippen LogP contribution in [-0.2, 0) is 0 Å². The van der Waals surface area contributed by atoms with Crippen LogP contribution in [0.2, 0.25) is 6.82 Å². The second-order valence-corrected chi connectivity index (χ2v) is 9.25. The van der Waals surface area contributed by atoms with Gasteiger partial charge in [-0.3, -0.25) is 0 Å². The molecule has 0 atom stereocenters. The SMILES string of the molecule is C.C1=CCCCC1.[B]C.c1cc(C2CCCCC2)ccc1C1CCCCC1.c1ccccc1.